The van der Waals surface area contributed by atoms with Gasteiger partial charge in [0, 0.05) is 36.7 Å². The molecule has 0 fully saturated rings. The Balaban J connectivity index is 1.91. The number of amides is 2. The van der Waals surface area contributed by atoms with Crippen LogP contribution in [-0.4, -0.2) is 47.9 Å². The fraction of sp³-hybridized carbons (Fsp3) is 0.286. The summed E-state index contributed by atoms with van der Waals surface area (Å²) in [7, 11) is 1.31. The molecule has 1 N–H and O–H groups in total. The number of methoxy groups -OCH3 is 1. The van der Waals surface area contributed by atoms with Crippen molar-refractivity contribution in [1.29, 1.82) is 0 Å². The molecule has 0 aromatic heterocycles. The Morgan fingerprint density at radius 2 is 1.79 bits per heavy atom. The van der Waals surface area contributed by atoms with Gasteiger partial charge in [0.15, 0.2) is 6.61 Å². The first-order valence-corrected chi connectivity index (χ1v) is 12.5. The van der Waals surface area contributed by atoms with E-state index in [9.17, 15) is 19.7 Å². The van der Waals surface area contributed by atoms with E-state index in [1.807, 2.05) is 43.3 Å². The Kier molecular flexibility index (Phi) is 10.5. The molecule has 38 heavy (non-hydrogen) atoms. The number of nitro groups is 1. The predicted molar refractivity (Wildman–Crippen MR) is 144 cm³/mol. The number of nitro benzene ring substituents is 1. The van der Waals surface area contributed by atoms with E-state index in [1.54, 1.807) is 18.2 Å². The molecule has 0 aliphatic heterocycles. The summed E-state index contributed by atoms with van der Waals surface area (Å²) in [4.78, 5) is 39.0. The first-order chi connectivity index (χ1) is 18.3. The minimum Gasteiger partial charge on any atom is -0.490 e. The van der Waals surface area contributed by atoms with E-state index >= 15 is 0 Å². The van der Waals surface area contributed by atoms with Crippen LogP contribution < -0.4 is 14.8 Å². The fourth-order valence-electron chi connectivity index (χ4n) is 3.86. The maximum Gasteiger partial charge on any atom is 0.311 e. The van der Waals surface area contributed by atoms with E-state index in [4.69, 9.17) is 21.1 Å². The van der Waals surface area contributed by atoms with Crippen molar-refractivity contribution in [2.75, 3.05) is 20.3 Å². The van der Waals surface area contributed by atoms with Crippen molar-refractivity contribution >= 4 is 29.1 Å². The molecular weight excluding hydrogens is 510 g/mol. The van der Waals surface area contributed by atoms with Gasteiger partial charge in [-0.2, -0.15) is 0 Å². The SMILES string of the molecule is CCCNC(=O)[C@@H](Cc1ccccc1)N(Cc1ccccc1Cl)C(=O)COc1ccc([N+](=O)[O-])c(OC)c1. The number of nitrogens with one attached hydrogen (secondary N) is 1. The van der Waals surface area contributed by atoms with Gasteiger partial charge in [0.2, 0.25) is 11.7 Å². The van der Waals surface area contributed by atoms with Crippen LogP contribution in [-0.2, 0) is 22.6 Å². The maximum atomic E-state index is 13.6. The van der Waals surface area contributed by atoms with E-state index < -0.39 is 23.5 Å². The van der Waals surface area contributed by atoms with Gasteiger partial charge in [-0.15, -0.1) is 0 Å². The van der Waals surface area contributed by atoms with Crippen LogP contribution in [0.2, 0.25) is 5.02 Å². The molecule has 0 bridgehead atoms. The topological polar surface area (TPSA) is 111 Å². The number of ether oxygens (including phenoxy) is 2. The fourth-order valence-corrected chi connectivity index (χ4v) is 4.05. The Bertz CT molecular complexity index is 1250. The van der Waals surface area contributed by atoms with Crippen LogP contribution in [0, 0.1) is 10.1 Å². The molecule has 0 aliphatic carbocycles. The van der Waals surface area contributed by atoms with Crippen LogP contribution in [0.25, 0.3) is 0 Å². The smallest absolute Gasteiger partial charge is 0.311 e. The largest absolute Gasteiger partial charge is 0.490 e. The zero-order chi connectivity index (χ0) is 27.5. The van der Waals surface area contributed by atoms with Crippen molar-refractivity contribution in [3.63, 3.8) is 0 Å². The maximum absolute atomic E-state index is 13.6. The van der Waals surface area contributed by atoms with Crippen LogP contribution in [0.5, 0.6) is 11.5 Å². The quantitative estimate of drug-likeness (QED) is 0.247. The lowest BCUT2D eigenvalue weighted by Gasteiger charge is -2.31. The van der Waals surface area contributed by atoms with E-state index in [1.165, 1.54) is 30.2 Å². The highest BCUT2D eigenvalue weighted by atomic mass is 35.5. The zero-order valence-electron chi connectivity index (χ0n) is 21.3. The number of benzene rings is 3. The van der Waals surface area contributed by atoms with Gasteiger partial charge in [-0.25, -0.2) is 0 Å². The Morgan fingerprint density at radius 3 is 2.45 bits per heavy atom. The lowest BCUT2D eigenvalue weighted by Crippen LogP contribution is -2.51. The molecule has 0 unspecified atom stereocenters. The number of rotatable bonds is 13. The van der Waals surface area contributed by atoms with Gasteiger partial charge in [-0.05, 0) is 29.7 Å². The van der Waals surface area contributed by atoms with Gasteiger partial charge in [0.1, 0.15) is 11.8 Å². The Hall–Kier alpha value is -4.11. The van der Waals surface area contributed by atoms with E-state index in [0.29, 0.717) is 17.1 Å². The van der Waals surface area contributed by atoms with Gasteiger partial charge in [0.05, 0.1) is 12.0 Å². The molecule has 0 aliphatic rings. The predicted octanol–water partition coefficient (Wildman–Crippen LogP) is 4.80. The third-order valence-corrected chi connectivity index (χ3v) is 6.20. The molecule has 3 aromatic rings. The minimum absolute atomic E-state index is 0.00812. The highest BCUT2D eigenvalue weighted by Crippen LogP contribution is 2.31. The molecule has 200 valence electrons. The van der Waals surface area contributed by atoms with Gasteiger partial charge in [0.25, 0.3) is 5.91 Å². The van der Waals surface area contributed by atoms with Crippen molar-refractivity contribution in [2.45, 2.75) is 32.4 Å². The van der Waals surface area contributed by atoms with Gasteiger partial charge in [-0.1, -0.05) is 67.1 Å². The molecule has 0 spiro atoms. The number of hydrogen-bond acceptors (Lipinski definition) is 6. The minimum atomic E-state index is -0.831. The third-order valence-electron chi connectivity index (χ3n) is 5.83. The van der Waals surface area contributed by atoms with Crippen molar-refractivity contribution in [3.8, 4) is 11.5 Å². The van der Waals surface area contributed by atoms with Crippen LogP contribution in [0.15, 0.2) is 72.8 Å². The monoisotopic (exact) mass is 539 g/mol. The van der Waals surface area contributed by atoms with E-state index in [2.05, 4.69) is 5.32 Å². The molecule has 9 nitrogen and oxygen atoms in total. The molecule has 1 atom stereocenters. The number of carbonyl (C=O) groups excluding carboxylic acids is 2. The van der Waals surface area contributed by atoms with E-state index in [-0.39, 0.29) is 36.1 Å². The Morgan fingerprint density at radius 1 is 1.08 bits per heavy atom. The molecule has 0 radical (unpaired) electrons. The summed E-state index contributed by atoms with van der Waals surface area (Å²) in [5.41, 5.74) is 1.35. The molecule has 10 heteroatoms. The molecular formula is C28H30ClN3O6. The van der Waals surface area contributed by atoms with Crippen LogP contribution >= 0.6 is 11.6 Å². The van der Waals surface area contributed by atoms with E-state index in [0.717, 1.165) is 12.0 Å². The average molecular weight is 540 g/mol. The highest BCUT2D eigenvalue weighted by Gasteiger charge is 2.31. The number of hydrogen-bond donors (Lipinski definition) is 1. The summed E-state index contributed by atoms with van der Waals surface area (Å²) < 4.78 is 10.8. The average Bonchev–Trinajstić information content (AvgIpc) is 2.93. The summed E-state index contributed by atoms with van der Waals surface area (Å²) in [6, 6.07) is 19.7. The summed E-state index contributed by atoms with van der Waals surface area (Å²) >= 11 is 6.41. The summed E-state index contributed by atoms with van der Waals surface area (Å²) in [6.07, 6.45) is 1.03. The lowest BCUT2D eigenvalue weighted by atomic mass is 10.0. The van der Waals surface area contributed by atoms with Gasteiger partial charge >= 0.3 is 5.69 Å². The first-order valence-electron chi connectivity index (χ1n) is 12.1. The summed E-state index contributed by atoms with van der Waals surface area (Å²) in [5, 5.41) is 14.6. The zero-order valence-corrected chi connectivity index (χ0v) is 22.0. The standard InChI is InChI=1S/C28H30ClN3O6/c1-3-15-30-28(34)25(16-20-9-5-4-6-10-20)31(18-21-11-7-8-12-23(21)29)27(33)19-38-22-13-14-24(32(35)36)26(17-22)37-2/h4-14,17,25H,3,15-16,18-19H2,1-2H3,(H,30,34)/t25-/m1/s1. The van der Waals surface area contributed by atoms with Crippen LogP contribution in [0.4, 0.5) is 5.69 Å². The van der Waals surface area contributed by atoms with Crippen molar-refractivity contribution < 1.29 is 24.0 Å². The van der Waals surface area contributed by atoms with Gasteiger partial charge < -0.3 is 19.7 Å². The molecule has 3 rings (SSSR count). The second-order valence-corrected chi connectivity index (χ2v) is 8.90. The second kappa shape index (κ2) is 14.0. The van der Waals surface area contributed by atoms with Crippen LogP contribution in [0.3, 0.4) is 0 Å². The molecule has 0 heterocycles. The van der Waals surface area contributed by atoms with Crippen molar-refractivity contribution in [3.05, 3.63) is 99.1 Å². The molecule has 0 saturated heterocycles. The lowest BCUT2D eigenvalue weighted by molar-refractivity contribution is -0.385. The molecule has 0 saturated carbocycles. The van der Waals surface area contributed by atoms with Crippen LogP contribution in [0.1, 0.15) is 24.5 Å². The van der Waals surface area contributed by atoms with Crippen molar-refractivity contribution in [1.82, 2.24) is 10.2 Å². The molecule has 3 aromatic carbocycles. The Labute approximate surface area is 226 Å². The highest BCUT2D eigenvalue weighted by molar-refractivity contribution is 6.31. The molecule has 2 amide bonds. The number of nitrogens with zero attached hydrogens (tertiary/aromatic N) is 2. The third kappa shape index (κ3) is 7.69. The summed E-state index contributed by atoms with van der Waals surface area (Å²) in [5.74, 6) is -0.509. The van der Waals surface area contributed by atoms with Crippen molar-refractivity contribution in [2.24, 2.45) is 0 Å². The normalized spacial score (nSPS) is 11.3. The van der Waals surface area contributed by atoms with Gasteiger partial charge in [-0.3, -0.25) is 19.7 Å². The summed E-state index contributed by atoms with van der Waals surface area (Å²) in [6.45, 7) is 2.10. The first kappa shape index (κ1) is 28.5. The second-order valence-electron chi connectivity index (χ2n) is 8.49. The number of carbonyl (C=O) groups is 2. The number of halogens is 1.